The van der Waals surface area contributed by atoms with Gasteiger partial charge in [0, 0.05) is 12.3 Å². The lowest BCUT2D eigenvalue weighted by atomic mass is 10.1. The minimum absolute atomic E-state index is 0.0739. The van der Waals surface area contributed by atoms with Crippen molar-refractivity contribution in [2.75, 3.05) is 5.32 Å². The van der Waals surface area contributed by atoms with Crippen molar-refractivity contribution >= 4 is 29.1 Å². The molecular weight excluding hydrogens is 372 g/mol. The summed E-state index contributed by atoms with van der Waals surface area (Å²) >= 11 is 5.87. The summed E-state index contributed by atoms with van der Waals surface area (Å²) in [6.07, 6.45) is 1.76. The Balaban J connectivity index is 1.64. The van der Waals surface area contributed by atoms with Gasteiger partial charge in [0.05, 0.1) is 17.3 Å². The summed E-state index contributed by atoms with van der Waals surface area (Å²) in [7, 11) is 0. The van der Waals surface area contributed by atoms with E-state index in [-0.39, 0.29) is 11.6 Å². The molecule has 2 heterocycles. The van der Waals surface area contributed by atoms with Crippen molar-refractivity contribution in [3.8, 4) is 0 Å². The monoisotopic (exact) mass is 388 g/mol. The SMILES string of the molecule is Cc1cccc(Cn2ccc(NC(=O)Cn3nc([N+](=O)[O-])c(Cl)c3C)n2)c1. The Bertz CT molecular complexity index is 1010. The minimum Gasteiger partial charge on any atom is -0.358 e. The molecule has 10 heteroatoms. The number of nitrogens with one attached hydrogen (secondary N) is 1. The number of amides is 1. The van der Waals surface area contributed by atoms with Gasteiger partial charge in [0.15, 0.2) is 10.8 Å². The van der Waals surface area contributed by atoms with Crippen LogP contribution >= 0.6 is 11.6 Å². The lowest BCUT2D eigenvalue weighted by Crippen LogP contribution is -2.20. The van der Waals surface area contributed by atoms with Crippen molar-refractivity contribution in [2.24, 2.45) is 0 Å². The number of nitro groups is 1. The van der Waals surface area contributed by atoms with Crippen molar-refractivity contribution in [1.29, 1.82) is 0 Å². The Morgan fingerprint density at radius 3 is 2.74 bits per heavy atom. The third kappa shape index (κ3) is 4.32. The fourth-order valence-electron chi connectivity index (χ4n) is 2.61. The normalized spacial score (nSPS) is 10.8. The average molecular weight is 389 g/mol. The molecule has 1 aromatic carbocycles. The van der Waals surface area contributed by atoms with Gasteiger partial charge in [-0.3, -0.25) is 9.48 Å². The molecular formula is C17H17ClN6O3. The fourth-order valence-corrected chi connectivity index (χ4v) is 2.82. The molecule has 3 rings (SSSR count). The average Bonchev–Trinajstić information content (AvgIpc) is 3.14. The van der Waals surface area contributed by atoms with Crippen LogP contribution < -0.4 is 5.32 Å². The summed E-state index contributed by atoms with van der Waals surface area (Å²) in [6.45, 7) is 3.96. The lowest BCUT2D eigenvalue weighted by molar-refractivity contribution is -0.389. The lowest BCUT2D eigenvalue weighted by Gasteiger charge is -2.04. The molecule has 140 valence electrons. The van der Waals surface area contributed by atoms with E-state index in [1.165, 1.54) is 4.68 Å². The molecule has 0 atom stereocenters. The van der Waals surface area contributed by atoms with Crippen molar-refractivity contribution in [3.63, 3.8) is 0 Å². The molecule has 1 N–H and O–H groups in total. The molecule has 0 saturated carbocycles. The van der Waals surface area contributed by atoms with E-state index in [0.29, 0.717) is 18.1 Å². The molecule has 3 aromatic rings. The van der Waals surface area contributed by atoms with Gasteiger partial charge >= 0.3 is 5.82 Å². The summed E-state index contributed by atoms with van der Waals surface area (Å²) in [5.74, 6) is -0.490. The van der Waals surface area contributed by atoms with Crippen LogP contribution in [0.3, 0.4) is 0 Å². The van der Waals surface area contributed by atoms with Gasteiger partial charge in [-0.15, -0.1) is 0 Å². The number of hydrogen-bond acceptors (Lipinski definition) is 5. The zero-order valence-electron chi connectivity index (χ0n) is 14.7. The van der Waals surface area contributed by atoms with Crippen molar-refractivity contribution in [2.45, 2.75) is 26.9 Å². The van der Waals surface area contributed by atoms with Gasteiger partial charge in [-0.05, 0) is 24.3 Å². The summed E-state index contributed by atoms with van der Waals surface area (Å²) in [4.78, 5) is 22.4. The summed E-state index contributed by atoms with van der Waals surface area (Å²) in [5.41, 5.74) is 2.61. The van der Waals surface area contributed by atoms with Gasteiger partial charge in [0.1, 0.15) is 6.54 Å². The first-order valence-electron chi connectivity index (χ1n) is 8.09. The third-order valence-electron chi connectivity index (χ3n) is 3.92. The number of rotatable bonds is 6. The molecule has 0 unspecified atom stereocenters. The van der Waals surface area contributed by atoms with E-state index >= 15 is 0 Å². The van der Waals surface area contributed by atoms with Gasteiger partial charge in [-0.1, -0.05) is 41.4 Å². The van der Waals surface area contributed by atoms with E-state index in [0.717, 1.165) is 11.1 Å². The van der Waals surface area contributed by atoms with Gasteiger partial charge in [-0.2, -0.15) is 9.78 Å². The number of hydrogen-bond donors (Lipinski definition) is 1. The maximum absolute atomic E-state index is 12.2. The van der Waals surface area contributed by atoms with E-state index < -0.39 is 16.6 Å². The van der Waals surface area contributed by atoms with Gasteiger partial charge in [0.25, 0.3) is 0 Å². The minimum atomic E-state index is -0.684. The second-order valence-electron chi connectivity index (χ2n) is 6.07. The van der Waals surface area contributed by atoms with Crippen LogP contribution in [0.5, 0.6) is 0 Å². The highest BCUT2D eigenvalue weighted by molar-refractivity contribution is 6.33. The number of aryl methyl sites for hydroxylation is 1. The van der Waals surface area contributed by atoms with Gasteiger partial charge in [0.2, 0.25) is 5.91 Å². The first kappa shape index (κ1) is 18.6. The van der Waals surface area contributed by atoms with Crippen LogP contribution in [-0.2, 0) is 17.9 Å². The van der Waals surface area contributed by atoms with Gasteiger partial charge < -0.3 is 15.4 Å². The summed E-state index contributed by atoms with van der Waals surface area (Å²) < 4.78 is 2.91. The van der Waals surface area contributed by atoms with Crippen LogP contribution in [0.2, 0.25) is 5.02 Å². The highest BCUT2D eigenvalue weighted by Crippen LogP contribution is 2.26. The molecule has 1 amide bonds. The van der Waals surface area contributed by atoms with E-state index in [4.69, 9.17) is 11.6 Å². The highest BCUT2D eigenvalue weighted by Gasteiger charge is 2.25. The first-order valence-corrected chi connectivity index (χ1v) is 8.47. The molecule has 0 bridgehead atoms. The molecule has 0 aliphatic rings. The molecule has 2 aromatic heterocycles. The van der Waals surface area contributed by atoms with Crippen LogP contribution in [0.1, 0.15) is 16.8 Å². The predicted octanol–water partition coefficient (Wildman–Crippen LogP) is 2.95. The van der Waals surface area contributed by atoms with E-state index in [1.807, 2.05) is 25.1 Å². The Labute approximate surface area is 159 Å². The second kappa shape index (κ2) is 7.58. The number of benzene rings is 1. The largest absolute Gasteiger partial charge is 0.408 e. The maximum Gasteiger partial charge on any atom is 0.408 e. The van der Waals surface area contributed by atoms with Crippen LogP contribution in [0.25, 0.3) is 0 Å². The molecule has 9 nitrogen and oxygen atoms in total. The molecule has 0 saturated heterocycles. The third-order valence-corrected chi connectivity index (χ3v) is 4.36. The maximum atomic E-state index is 12.2. The van der Waals surface area contributed by atoms with E-state index in [1.54, 1.807) is 23.9 Å². The van der Waals surface area contributed by atoms with Crippen molar-refractivity contribution < 1.29 is 9.72 Å². The van der Waals surface area contributed by atoms with Crippen LogP contribution in [0.4, 0.5) is 11.6 Å². The van der Waals surface area contributed by atoms with Crippen LogP contribution in [-0.4, -0.2) is 30.4 Å². The summed E-state index contributed by atoms with van der Waals surface area (Å²) in [6, 6.07) is 9.75. The van der Waals surface area contributed by atoms with Gasteiger partial charge in [-0.25, -0.2) is 0 Å². The number of anilines is 1. The molecule has 0 aliphatic carbocycles. The Hall–Kier alpha value is -3.20. The number of carbonyl (C=O) groups is 1. The Morgan fingerprint density at radius 2 is 2.07 bits per heavy atom. The Kier molecular flexibility index (Phi) is 5.22. The molecule has 27 heavy (non-hydrogen) atoms. The second-order valence-corrected chi connectivity index (χ2v) is 6.45. The number of halogens is 1. The predicted molar refractivity (Wildman–Crippen MR) is 99.8 cm³/mol. The van der Waals surface area contributed by atoms with Crippen LogP contribution in [0.15, 0.2) is 36.5 Å². The molecule has 0 aliphatic heterocycles. The number of nitrogens with zero attached hydrogens (tertiary/aromatic N) is 5. The zero-order valence-corrected chi connectivity index (χ0v) is 15.5. The molecule has 0 radical (unpaired) electrons. The molecule has 0 spiro atoms. The Morgan fingerprint density at radius 1 is 1.30 bits per heavy atom. The summed E-state index contributed by atoms with van der Waals surface area (Å²) in [5, 5.41) is 21.5. The van der Waals surface area contributed by atoms with E-state index in [9.17, 15) is 14.9 Å². The fraction of sp³-hybridized carbons (Fsp3) is 0.235. The smallest absolute Gasteiger partial charge is 0.358 e. The number of aromatic nitrogens is 4. The van der Waals surface area contributed by atoms with E-state index in [2.05, 4.69) is 21.6 Å². The topological polar surface area (TPSA) is 108 Å². The molecule has 0 fully saturated rings. The van der Waals surface area contributed by atoms with Crippen molar-refractivity contribution in [1.82, 2.24) is 19.6 Å². The van der Waals surface area contributed by atoms with Crippen molar-refractivity contribution in [3.05, 3.63) is 68.5 Å². The number of carbonyl (C=O) groups excluding carboxylic acids is 1. The van der Waals surface area contributed by atoms with Crippen LogP contribution in [0, 0.1) is 24.0 Å². The highest BCUT2D eigenvalue weighted by atomic mass is 35.5. The standard InChI is InChI=1S/C17H17ClN6O3/c1-11-4-3-5-13(8-11)9-22-7-6-14(20-22)19-15(25)10-23-12(2)16(18)17(21-23)24(26)27/h3-8H,9-10H2,1-2H3,(H,19,20,25). The quantitative estimate of drug-likeness (QED) is 0.516. The zero-order chi connectivity index (χ0) is 19.6. The first-order chi connectivity index (χ1) is 12.8.